The van der Waals surface area contributed by atoms with Crippen LogP contribution in [0.1, 0.15) is 0 Å². The number of hydrogen-bond donors (Lipinski definition) is 4. The lowest BCUT2D eigenvalue weighted by Crippen LogP contribution is -2.47. The van der Waals surface area contributed by atoms with E-state index >= 15 is 0 Å². The zero-order chi connectivity index (χ0) is 15.1. The molecular weight excluding hydrogens is 282 g/mol. The molecule has 0 heterocycles. The van der Waals surface area contributed by atoms with Crippen LogP contribution in [-0.4, -0.2) is 73.9 Å². The Morgan fingerprint density at radius 2 is 1.53 bits per heavy atom. The molecule has 0 aromatic heterocycles. The van der Waals surface area contributed by atoms with Crippen LogP contribution in [0.15, 0.2) is 0 Å². The molecule has 2 amide bonds. The molecule has 0 aliphatic carbocycles. The molecule has 110 valence electrons. The Kier molecular flexibility index (Phi) is 6.79. The quantitative estimate of drug-likeness (QED) is 0.368. The molecule has 0 atom stereocenters. The van der Waals surface area contributed by atoms with Gasteiger partial charge in [-0.3, -0.25) is 9.59 Å². The van der Waals surface area contributed by atoms with Gasteiger partial charge in [0.15, 0.2) is 0 Å². The smallest absolute Gasteiger partial charge is 0.323 e. The van der Waals surface area contributed by atoms with Gasteiger partial charge in [-0.15, -0.1) is 0 Å². The molecule has 0 aromatic carbocycles. The van der Waals surface area contributed by atoms with Gasteiger partial charge in [-0.1, -0.05) is 0 Å². The molecule has 10 nitrogen and oxygen atoms in total. The van der Waals surface area contributed by atoms with Gasteiger partial charge in [0.2, 0.25) is 10.0 Å². The summed E-state index contributed by atoms with van der Waals surface area (Å²) in [5.74, 6) is -2.71. The second-order valence-electron chi connectivity index (χ2n) is 3.54. The third-order valence-corrected chi connectivity index (χ3v) is 2.43. The van der Waals surface area contributed by atoms with E-state index in [1.165, 1.54) is 0 Å². The number of carbonyl (C=O) groups is 3. The van der Waals surface area contributed by atoms with Gasteiger partial charge in [-0.05, 0) is 0 Å². The molecule has 4 N–H and O–H groups in total. The maximum atomic E-state index is 11.4. The first-order valence-electron chi connectivity index (χ1n) is 5.03. The van der Waals surface area contributed by atoms with Gasteiger partial charge in [0, 0.05) is 13.1 Å². The zero-order valence-corrected chi connectivity index (χ0v) is 10.9. The third kappa shape index (κ3) is 9.79. The molecule has 0 saturated carbocycles. The Morgan fingerprint density at radius 1 is 1.05 bits per heavy atom. The van der Waals surface area contributed by atoms with Crippen molar-refractivity contribution >= 4 is 28.0 Å². The van der Waals surface area contributed by atoms with Crippen molar-refractivity contribution in [2.45, 2.75) is 0 Å². The van der Waals surface area contributed by atoms with E-state index in [0.717, 1.165) is 6.26 Å². The molecule has 0 aliphatic heterocycles. The van der Waals surface area contributed by atoms with Gasteiger partial charge in [-0.25, -0.2) is 17.9 Å². The fraction of sp³-hybridized carbons (Fsp3) is 0.625. The minimum absolute atomic E-state index is 0.0848. The molecule has 0 aromatic rings. The Hall–Kier alpha value is -1.88. The first-order chi connectivity index (χ1) is 8.61. The summed E-state index contributed by atoms with van der Waals surface area (Å²) < 4.78 is 23.5. The van der Waals surface area contributed by atoms with E-state index in [-0.39, 0.29) is 13.1 Å². The Balaban J connectivity index is 4.24. The van der Waals surface area contributed by atoms with Crippen LogP contribution >= 0.6 is 0 Å². The standard InChI is InChI=1S/C8H15N3O7S/c1-19(17,18)10-3-2-9-8(16)11(4-6(12)13)5-7(14)15/h10H,2-5H2,1H3,(H,9,16)(H,12,13)(H,14,15). The number of urea groups is 1. The Bertz CT molecular complexity index is 431. The van der Waals surface area contributed by atoms with Crippen molar-refractivity contribution in [1.29, 1.82) is 0 Å². The number of carboxylic acids is 2. The molecular formula is C8H15N3O7S. The van der Waals surface area contributed by atoms with E-state index < -0.39 is 41.1 Å². The monoisotopic (exact) mass is 297 g/mol. The minimum Gasteiger partial charge on any atom is -0.480 e. The van der Waals surface area contributed by atoms with Gasteiger partial charge in [-0.2, -0.15) is 0 Å². The molecule has 0 bridgehead atoms. The summed E-state index contributed by atoms with van der Waals surface area (Å²) in [5, 5.41) is 19.2. The third-order valence-electron chi connectivity index (χ3n) is 1.70. The number of sulfonamides is 1. The number of nitrogens with zero attached hydrogens (tertiary/aromatic N) is 1. The summed E-state index contributed by atoms with van der Waals surface area (Å²) in [6, 6.07) is -0.903. The molecule has 0 saturated heterocycles. The average Bonchev–Trinajstić information content (AvgIpc) is 2.20. The maximum Gasteiger partial charge on any atom is 0.323 e. The van der Waals surface area contributed by atoms with Crippen LogP contribution < -0.4 is 10.0 Å². The van der Waals surface area contributed by atoms with E-state index in [1.807, 2.05) is 0 Å². The molecule has 0 rings (SSSR count). The number of rotatable bonds is 8. The lowest BCUT2D eigenvalue weighted by atomic mass is 10.5. The number of carbonyl (C=O) groups excluding carboxylic acids is 1. The summed E-state index contributed by atoms with van der Waals surface area (Å²) in [7, 11) is -3.38. The van der Waals surface area contributed by atoms with E-state index in [2.05, 4.69) is 10.0 Å². The highest BCUT2D eigenvalue weighted by Gasteiger charge is 2.19. The van der Waals surface area contributed by atoms with Crippen LogP contribution in [0.5, 0.6) is 0 Å². The Morgan fingerprint density at radius 3 is 1.89 bits per heavy atom. The van der Waals surface area contributed by atoms with Gasteiger partial charge in [0.05, 0.1) is 6.26 Å². The average molecular weight is 297 g/mol. The highest BCUT2D eigenvalue weighted by molar-refractivity contribution is 7.88. The predicted octanol–water partition coefficient (Wildman–Crippen LogP) is -2.28. The fourth-order valence-corrected chi connectivity index (χ4v) is 1.52. The maximum absolute atomic E-state index is 11.4. The topological polar surface area (TPSA) is 153 Å². The fourth-order valence-electron chi connectivity index (χ4n) is 1.04. The second-order valence-corrected chi connectivity index (χ2v) is 5.37. The molecule has 0 aliphatic rings. The highest BCUT2D eigenvalue weighted by atomic mass is 32.2. The van der Waals surface area contributed by atoms with E-state index in [1.54, 1.807) is 0 Å². The normalized spacial score (nSPS) is 10.8. The summed E-state index contributed by atoms with van der Waals surface area (Å²) in [4.78, 5) is 32.9. The summed E-state index contributed by atoms with van der Waals surface area (Å²) in [6.45, 7) is -1.71. The van der Waals surface area contributed by atoms with Crippen molar-refractivity contribution in [1.82, 2.24) is 14.9 Å². The summed E-state index contributed by atoms with van der Waals surface area (Å²) in [6.07, 6.45) is 0.940. The number of carboxylic acid groups (broad SMARTS) is 2. The van der Waals surface area contributed by atoms with Crippen LogP contribution in [0, 0.1) is 0 Å². The van der Waals surface area contributed by atoms with Crippen molar-refractivity contribution in [3.8, 4) is 0 Å². The minimum atomic E-state index is -3.38. The van der Waals surface area contributed by atoms with Crippen molar-refractivity contribution in [2.24, 2.45) is 0 Å². The largest absolute Gasteiger partial charge is 0.480 e. The van der Waals surface area contributed by atoms with Crippen molar-refractivity contribution < 1.29 is 33.0 Å². The van der Waals surface area contributed by atoms with Gasteiger partial charge in [0.25, 0.3) is 0 Å². The first kappa shape index (κ1) is 17.1. The lowest BCUT2D eigenvalue weighted by molar-refractivity contribution is -0.140. The molecule has 11 heteroatoms. The SMILES string of the molecule is CS(=O)(=O)NCCNC(=O)N(CC(=O)O)CC(=O)O. The molecule has 0 radical (unpaired) electrons. The second kappa shape index (κ2) is 7.53. The summed E-state index contributed by atoms with van der Waals surface area (Å²) >= 11 is 0. The van der Waals surface area contributed by atoms with Gasteiger partial charge >= 0.3 is 18.0 Å². The number of nitrogens with one attached hydrogen (secondary N) is 2. The highest BCUT2D eigenvalue weighted by Crippen LogP contribution is 1.90. The van der Waals surface area contributed by atoms with Crippen molar-refractivity contribution in [3.05, 3.63) is 0 Å². The van der Waals surface area contributed by atoms with Crippen molar-refractivity contribution in [3.63, 3.8) is 0 Å². The first-order valence-corrected chi connectivity index (χ1v) is 6.92. The van der Waals surface area contributed by atoms with Crippen LogP contribution in [0.25, 0.3) is 0 Å². The Labute approximate surface area is 109 Å². The number of hydrogen-bond acceptors (Lipinski definition) is 5. The number of aliphatic carboxylic acids is 2. The van der Waals surface area contributed by atoms with Gasteiger partial charge < -0.3 is 20.4 Å². The zero-order valence-electron chi connectivity index (χ0n) is 10.1. The molecule has 0 spiro atoms. The van der Waals surface area contributed by atoms with E-state index in [9.17, 15) is 22.8 Å². The molecule has 0 unspecified atom stereocenters. The molecule has 19 heavy (non-hydrogen) atoms. The predicted molar refractivity (Wildman–Crippen MR) is 63.1 cm³/mol. The molecule has 0 fully saturated rings. The number of amides is 2. The van der Waals surface area contributed by atoms with Crippen LogP contribution in [-0.2, 0) is 19.6 Å². The van der Waals surface area contributed by atoms with E-state index in [4.69, 9.17) is 10.2 Å². The van der Waals surface area contributed by atoms with E-state index in [0.29, 0.717) is 4.90 Å². The summed E-state index contributed by atoms with van der Waals surface area (Å²) in [5.41, 5.74) is 0. The van der Waals surface area contributed by atoms with Gasteiger partial charge in [0.1, 0.15) is 13.1 Å². The van der Waals surface area contributed by atoms with Crippen LogP contribution in [0.3, 0.4) is 0 Å². The lowest BCUT2D eigenvalue weighted by Gasteiger charge is -2.18. The van der Waals surface area contributed by atoms with Crippen molar-refractivity contribution in [2.75, 3.05) is 32.4 Å². The van der Waals surface area contributed by atoms with Crippen LogP contribution in [0.2, 0.25) is 0 Å². The van der Waals surface area contributed by atoms with Crippen LogP contribution in [0.4, 0.5) is 4.79 Å².